The van der Waals surface area contributed by atoms with Gasteiger partial charge in [0.2, 0.25) is 0 Å². The lowest BCUT2D eigenvalue weighted by Gasteiger charge is -2.02. The summed E-state index contributed by atoms with van der Waals surface area (Å²) in [5, 5.41) is 0.147. The van der Waals surface area contributed by atoms with Gasteiger partial charge in [-0.15, -0.1) is 0 Å². The van der Waals surface area contributed by atoms with Crippen LogP contribution in [0.1, 0.15) is 10.4 Å². The van der Waals surface area contributed by atoms with Gasteiger partial charge < -0.3 is 0 Å². The summed E-state index contributed by atoms with van der Waals surface area (Å²) in [6.07, 6.45) is 0.353. The van der Waals surface area contributed by atoms with Crippen molar-refractivity contribution in [3.63, 3.8) is 0 Å². The Hall–Kier alpha value is 0.130. The lowest BCUT2D eigenvalue weighted by molar-refractivity contribution is 0.112. The van der Waals surface area contributed by atoms with Crippen molar-refractivity contribution in [3.05, 3.63) is 31.1 Å². The Balaban J connectivity index is 3.52. The van der Waals surface area contributed by atoms with E-state index in [-0.39, 0.29) is 19.2 Å². The highest BCUT2D eigenvalue weighted by Gasteiger charge is 2.13. The van der Waals surface area contributed by atoms with E-state index in [0.717, 1.165) is 0 Å². The first-order chi connectivity index (χ1) is 5.57. The van der Waals surface area contributed by atoms with Crippen molar-refractivity contribution >= 4 is 52.1 Å². The first kappa shape index (κ1) is 10.2. The molecule has 0 bridgehead atoms. The van der Waals surface area contributed by atoms with Crippen LogP contribution in [0.25, 0.3) is 0 Å². The van der Waals surface area contributed by atoms with Crippen LogP contribution in [0.5, 0.6) is 0 Å². The lowest BCUT2D eigenvalue weighted by atomic mass is 10.2. The van der Waals surface area contributed by atoms with E-state index in [0.29, 0.717) is 6.29 Å². The fourth-order valence-electron chi connectivity index (χ4n) is 0.695. The minimum absolute atomic E-state index is 0.0374. The van der Waals surface area contributed by atoms with Gasteiger partial charge in [-0.05, 0) is 28.7 Å². The molecule has 1 aromatic carbocycles. The Bertz CT molecular complexity index is 314. The molecule has 0 aliphatic carbocycles. The van der Waals surface area contributed by atoms with E-state index in [1.807, 2.05) is 0 Å². The molecule has 0 atom stereocenters. The van der Waals surface area contributed by atoms with Crippen LogP contribution in [0.15, 0.2) is 6.07 Å². The van der Waals surface area contributed by atoms with E-state index in [2.05, 4.69) is 0 Å². The standard InChI is InChI=1S/C7H2Cl2FIO/c8-4-1-5(11)7(10)3(2-12)6(4)9/h1-2H. The number of hydrogen-bond acceptors (Lipinski definition) is 1. The molecule has 1 aromatic rings. The first-order valence-electron chi connectivity index (χ1n) is 2.86. The molecule has 0 N–H and O–H groups in total. The molecule has 1 rings (SSSR count). The molecule has 0 radical (unpaired) electrons. The molecule has 0 spiro atoms. The van der Waals surface area contributed by atoms with Gasteiger partial charge in [0.05, 0.1) is 19.2 Å². The van der Waals surface area contributed by atoms with E-state index >= 15 is 0 Å². The summed E-state index contributed by atoms with van der Waals surface area (Å²) in [6.45, 7) is 0. The molecule has 0 aromatic heterocycles. The Morgan fingerprint density at radius 2 is 2.08 bits per heavy atom. The fraction of sp³-hybridized carbons (Fsp3) is 0. The fourth-order valence-corrected chi connectivity index (χ4v) is 1.87. The molecule has 0 saturated heterocycles. The van der Waals surface area contributed by atoms with Gasteiger partial charge in [-0.1, -0.05) is 23.2 Å². The maximum atomic E-state index is 13.1. The molecule has 0 unspecified atom stereocenters. The molecule has 12 heavy (non-hydrogen) atoms. The number of aldehydes is 1. The Labute approximate surface area is 92.0 Å². The van der Waals surface area contributed by atoms with Crippen molar-refractivity contribution in [1.82, 2.24) is 0 Å². The second-order valence-electron chi connectivity index (χ2n) is 2.00. The number of carbonyl (C=O) groups is 1. The molecule has 64 valence electrons. The van der Waals surface area contributed by atoms with E-state index in [4.69, 9.17) is 23.2 Å². The van der Waals surface area contributed by atoms with Gasteiger partial charge in [-0.3, -0.25) is 4.79 Å². The van der Waals surface area contributed by atoms with Gasteiger partial charge >= 0.3 is 0 Å². The van der Waals surface area contributed by atoms with Crippen molar-refractivity contribution in [2.24, 2.45) is 0 Å². The van der Waals surface area contributed by atoms with Gasteiger partial charge in [0.25, 0.3) is 0 Å². The minimum atomic E-state index is -0.625. The highest BCUT2D eigenvalue weighted by molar-refractivity contribution is 14.1. The smallest absolute Gasteiger partial charge is 0.154 e. The van der Waals surface area contributed by atoms with Crippen LogP contribution in [0, 0.1) is 9.39 Å². The number of carbonyl (C=O) groups excluding carboxylic acids is 1. The van der Waals surface area contributed by atoms with E-state index < -0.39 is 5.82 Å². The predicted molar refractivity (Wildman–Crippen MR) is 54.5 cm³/mol. The minimum Gasteiger partial charge on any atom is -0.298 e. The maximum absolute atomic E-state index is 13.1. The highest BCUT2D eigenvalue weighted by Crippen LogP contribution is 2.29. The SMILES string of the molecule is O=Cc1c(F)c(I)cc(Cl)c1Cl. The van der Waals surface area contributed by atoms with E-state index in [1.54, 1.807) is 22.6 Å². The predicted octanol–water partition coefficient (Wildman–Crippen LogP) is 3.55. The van der Waals surface area contributed by atoms with Gasteiger partial charge in [0, 0.05) is 0 Å². The molecule has 5 heteroatoms. The van der Waals surface area contributed by atoms with Gasteiger partial charge in [-0.2, -0.15) is 0 Å². The van der Waals surface area contributed by atoms with Crippen molar-refractivity contribution in [2.45, 2.75) is 0 Å². The molecule has 0 heterocycles. The summed E-state index contributed by atoms with van der Waals surface area (Å²) in [5.41, 5.74) is -0.187. The zero-order chi connectivity index (χ0) is 9.30. The van der Waals surface area contributed by atoms with Gasteiger partial charge in [0.1, 0.15) is 5.82 Å². The Morgan fingerprint density at radius 3 is 2.58 bits per heavy atom. The second kappa shape index (κ2) is 3.89. The molecular weight excluding hydrogens is 317 g/mol. The number of rotatable bonds is 1. The van der Waals surface area contributed by atoms with Gasteiger partial charge in [-0.25, -0.2) is 4.39 Å². The normalized spacial score (nSPS) is 10.0. The average Bonchev–Trinajstić information content (AvgIpc) is 2.02. The third-order valence-electron chi connectivity index (χ3n) is 1.26. The zero-order valence-electron chi connectivity index (χ0n) is 5.57. The summed E-state index contributed by atoms with van der Waals surface area (Å²) < 4.78 is 13.3. The zero-order valence-corrected chi connectivity index (χ0v) is 9.24. The maximum Gasteiger partial charge on any atom is 0.154 e. The summed E-state index contributed by atoms with van der Waals surface area (Å²) in [5.74, 6) is -0.625. The van der Waals surface area contributed by atoms with Crippen LogP contribution in [0.4, 0.5) is 4.39 Å². The summed E-state index contributed by atoms with van der Waals surface area (Å²) in [4.78, 5) is 10.4. The monoisotopic (exact) mass is 318 g/mol. The highest BCUT2D eigenvalue weighted by atomic mass is 127. The van der Waals surface area contributed by atoms with Crippen LogP contribution in [0.2, 0.25) is 10.0 Å². The lowest BCUT2D eigenvalue weighted by Crippen LogP contribution is -1.93. The molecule has 1 nitrogen and oxygen atoms in total. The third-order valence-corrected chi connectivity index (χ3v) is 2.85. The van der Waals surface area contributed by atoms with Crippen molar-refractivity contribution in [2.75, 3.05) is 0 Å². The van der Waals surface area contributed by atoms with Crippen LogP contribution in [-0.2, 0) is 0 Å². The van der Waals surface area contributed by atoms with E-state index in [9.17, 15) is 9.18 Å². The Morgan fingerprint density at radius 1 is 1.50 bits per heavy atom. The molecule has 0 aliphatic rings. The van der Waals surface area contributed by atoms with Crippen molar-refractivity contribution < 1.29 is 9.18 Å². The molecular formula is C7H2Cl2FIO. The quantitative estimate of drug-likeness (QED) is 0.440. The molecule has 0 fully saturated rings. The first-order valence-corrected chi connectivity index (χ1v) is 4.69. The van der Waals surface area contributed by atoms with Crippen LogP contribution in [-0.4, -0.2) is 6.29 Å². The summed E-state index contributed by atoms with van der Waals surface area (Å²) >= 11 is 12.9. The largest absolute Gasteiger partial charge is 0.298 e. The van der Waals surface area contributed by atoms with Crippen molar-refractivity contribution in [1.29, 1.82) is 0 Å². The number of hydrogen-bond donors (Lipinski definition) is 0. The van der Waals surface area contributed by atoms with Crippen molar-refractivity contribution in [3.8, 4) is 0 Å². The second-order valence-corrected chi connectivity index (χ2v) is 3.95. The molecule has 0 aliphatic heterocycles. The number of benzene rings is 1. The van der Waals surface area contributed by atoms with Crippen LogP contribution >= 0.6 is 45.8 Å². The third kappa shape index (κ3) is 1.72. The summed E-state index contributed by atoms with van der Waals surface area (Å²) in [7, 11) is 0. The van der Waals surface area contributed by atoms with E-state index in [1.165, 1.54) is 6.07 Å². The van der Waals surface area contributed by atoms with Crippen LogP contribution < -0.4 is 0 Å². The molecule has 0 amide bonds. The number of halogens is 4. The topological polar surface area (TPSA) is 17.1 Å². The van der Waals surface area contributed by atoms with Crippen LogP contribution in [0.3, 0.4) is 0 Å². The summed E-state index contributed by atoms with van der Waals surface area (Å²) in [6, 6.07) is 1.37. The molecule has 0 saturated carbocycles. The van der Waals surface area contributed by atoms with Gasteiger partial charge in [0.15, 0.2) is 6.29 Å². The Kier molecular flexibility index (Phi) is 3.31. The average molecular weight is 319 g/mol.